The summed E-state index contributed by atoms with van der Waals surface area (Å²) in [6.07, 6.45) is 0. The molecule has 0 amide bonds. The second-order valence-corrected chi connectivity index (χ2v) is 5.14. The number of benzene rings is 2. The van der Waals surface area contributed by atoms with Crippen LogP contribution >= 0.6 is 0 Å². The van der Waals surface area contributed by atoms with E-state index in [1.807, 2.05) is 48.5 Å². The molecule has 0 unspecified atom stereocenters. The van der Waals surface area contributed by atoms with Crippen molar-refractivity contribution in [1.29, 1.82) is 0 Å². The Hall–Kier alpha value is -2.35. The molecule has 106 valence electrons. The van der Waals surface area contributed by atoms with E-state index < -0.39 is 0 Å². The summed E-state index contributed by atoms with van der Waals surface area (Å²) in [4.78, 5) is 15.1. The van der Waals surface area contributed by atoms with Crippen molar-refractivity contribution in [2.24, 2.45) is 0 Å². The lowest BCUT2D eigenvalue weighted by atomic mass is 10.0. The normalized spacial score (nSPS) is 13.5. The second kappa shape index (κ2) is 5.57. The molecule has 3 rings (SSSR count). The van der Waals surface area contributed by atoms with Crippen LogP contribution in [0.15, 0.2) is 54.6 Å². The predicted octanol–water partition coefficient (Wildman–Crippen LogP) is 4.09. The van der Waals surface area contributed by atoms with Crippen LogP contribution in [0.25, 0.3) is 11.3 Å². The SMILES string of the molecule is CCN(CC)C1=C(c2ccccc2)C(=O)c2ccccc21. The topological polar surface area (TPSA) is 20.3 Å². The van der Waals surface area contributed by atoms with Gasteiger partial charge in [-0.25, -0.2) is 0 Å². The van der Waals surface area contributed by atoms with E-state index in [4.69, 9.17) is 0 Å². The van der Waals surface area contributed by atoms with Gasteiger partial charge in [0.15, 0.2) is 5.78 Å². The molecule has 1 aliphatic rings. The zero-order valence-electron chi connectivity index (χ0n) is 12.5. The lowest BCUT2D eigenvalue weighted by Gasteiger charge is -2.24. The summed E-state index contributed by atoms with van der Waals surface area (Å²) in [5, 5.41) is 0. The van der Waals surface area contributed by atoms with Gasteiger partial charge in [0.05, 0.1) is 11.3 Å². The summed E-state index contributed by atoms with van der Waals surface area (Å²) in [6.45, 7) is 6.04. The highest BCUT2D eigenvalue weighted by Crippen LogP contribution is 2.39. The van der Waals surface area contributed by atoms with Gasteiger partial charge in [-0.3, -0.25) is 4.79 Å². The van der Waals surface area contributed by atoms with E-state index in [0.717, 1.165) is 41.1 Å². The molecule has 0 bridgehead atoms. The summed E-state index contributed by atoms with van der Waals surface area (Å²) in [5.74, 6) is 0.138. The third-order valence-electron chi connectivity index (χ3n) is 4.03. The Morgan fingerprint density at radius 2 is 1.38 bits per heavy atom. The van der Waals surface area contributed by atoms with Crippen LogP contribution in [0.5, 0.6) is 0 Å². The van der Waals surface area contributed by atoms with Crippen molar-refractivity contribution in [2.75, 3.05) is 13.1 Å². The zero-order valence-corrected chi connectivity index (χ0v) is 12.5. The number of ketones is 1. The molecule has 2 aromatic rings. The van der Waals surface area contributed by atoms with Crippen molar-refractivity contribution in [2.45, 2.75) is 13.8 Å². The predicted molar refractivity (Wildman–Crippen MR) is 86.9 cm³/mol. The standard InChI is InChI=1S/C19H19NO/c1-3-20(4-2)18-15-12-8-9-13-16(15)19(21)17(18)14-10-6-5-7-11-14/h5-13H,3-4H2,1-2H3. The molecule has 0 saturated heterocycles. The van der Waals surface area contributed by atoms with Crippen LogP contribution in [-0.2, 0) is 0 Å². The van der Waals surface area contributed by atoms with Gasteiger partial charge in [-0.2, -0.15) is 0 Å². The van der Waals surface area contributed by atoms with Gasteiger partial charge in [-0.15, -0.1) is 0 Å². The van der Waals surface area contributed by atoms with E-state index in [1.54, 1.807) is 0 Å². The maximum Gasteiger partial charge on any atom is 0.196 e. The molecular formula is C19H19NO. The molecule has 0 heterocycles. The quantitative estimate of drug-likeness (QED) is 0.839. The first-order valence-corrected chi connectivity index (χ1v) is 7.46. The minimum absolute atomic E-state index is 0.138. The monoisotopic (exact) mass is 277 g/mol. The molecule has 0 radical (unpaired) electrons. The minimum atomic E-state index is 0.138. The maximum absolute atomic E-state index is 12.9. The number of hydrogen-bond donors (Lipinski definition) is 0. The van der Waals surface area contributed by atoms with Crippen molar-refractivity contribution < 1.29 is 4.79 Å². The molecule has 2 heteroatoms. The number of fused-ring (bicyclic) bond motifs is 1. The number of rotatable bonds is 4. The molecule has 0 aromatic heterocycles. The Bertz CT molecular complexity index is 697. The van der Waals surface area contributed by atoms with Gasteiger partial charge < -0.3 is 4.90 Å². The Labute approximate surface area is 125 Å². The first kappa shape index (κ1) is 13.6. The molecule has 21 heavy (non-hydrogen) atoms. The van der Waals surface area contributed by atoms with Crippen molar-refractivity contribution in [1.82, 2.24) is 4.90 Å². The lowest BCUT2D eigenvalue weighted by Crippen LogP contribution is -2.21. The van der Waals surface area contributed by atoms with Gasteiger partial charge in [0.25, 0.3) is 0 Å². The van der Waals surface area contributed by atoms with E-state index in [9.17, 15) is 4.79 Å². The summed E-state index contributed by atoms with van der Waals surface area (Å²) >= 11 is 0. The van der Waals surface area contributed by atoms with Crippen molar-refractivity contribution in [3.63, 3.8) is 0 Å². The molecule has 2 nitrogen and oxygen atoms in total. The molecule has 0 atom stereocenters. The molecule has 0 aliphatic heterocycles. The van der Waals surface area contributed by atoms with E-state index in [1.165, 1.54) is 0 Å². The molecule has 0 fully saturated rings. The zero-order chi connectivity index (χ0) is 14.8. The first-order valence-electron chi connectivity index (χ1n) is 7.46. The van der Waals surface area contributed by atoms with Crippen LogP contribution in [0.4, 0.5) is 0 Å². The highest BCUT2D eigenvalue weighted by molar-refractivity contribution is 6.39. The summed E-state index contributed by atoms with van der Waals surface area (Å²) in [7, 11) is 0. The number of nitrogens with zero attached hydrogens (tertiary/aromatic N) is 1. The maximum atomic E-state index is 12.9. The first-order chi connectivity index (χ1) is 10.3. The van der Waals surface area contributed by atoms with Crippen molar-refractivity contribution >= 4 is 17.1 Å². The fraction of sp³-hybridized carbons (Fsp3) is 0.211. The second-order valence-electron chi connectivity index (χ2n) is 5.14. The van der Waals surface area contributed by atoms with Crippen molar-refractivity contribution in [3.8, 4) is 0 Å². The average molecular weight is 277 g/mol. The van der Waals surface area contributed by atoms with Crippen LogP contribution in [0.1, 0.15) is 35.3 Å². The van der Waals surface area contributed by atoms with E-state index >= 15 is 0 Å². The third kappa shape index (κ3) is 2.17. The molecule has 0 saturated carbocycles. The Kier molecular flexibility index (Phi) is 3.61. The van der Waals surface area contributed by atoms with Gasteiger partial charge in [0, 0.05) is 24.2 Å². The fourth-order valence-electron chi connectivity index (χ4n) is 3.01. The van der Waals surface area contributed by atoms with Crippen molar-refractivity contribution in [3.05, 3.63) is 71.3 Å². The average Bonchev–Trinajstić information content (AvgIpc) is 2.83. The van der Waals surface area contributed by atoms with Gasteiger partial charge in [0.2, 0.25) is 0 Å². The molecule has 0 spiro atoms. The number of hydrogen-bond acceptors (Lipinski definition) is 2. The fourth-order valence-corrected chi connectivity index (χ4v) is 3.01. The Morgan fingerprint density at radius 3 is 2.00 bits per heavy atom. The number of Topliss-reactive ketones (excluding diaryl/α,β-unsaturated/α-hetero) is 1. The summed E-state index contributed by atoms with van der Waals surface area (Å²) in [6, 6.07) is 17.9. The minimum Gasteiger partial charge on any atom is -0.371 e. The number of carbonyl (C=O) groups excluding carboxylic acids is 1. The number of allylic oxidation sites excluding steroid dienone is 1. The molecule has 1 aliphatic carbocycles. The van der Waals surface area contributed by atoms with Gasteiger partial charge in [-0.05, 0) is 19.4 Å². The largest absolute Gasteiger partial charge is 0.371 e. The molecule has 0 N–H and O–H groups in total. The highest BCUT2D eigenvalue weighted by atomic mass is 16.1. The van der Waals surface area contributed by atoms with Crippen LogP contribution in [0.2, 0.25) is 0 Å². The molecular weight excluding hydrogens is 258 g/mol. The Morgan fingerprint density at radius 1 is 0.810 bits per heavy atom. The summed E-state index contributed by atoms with van der Waals surface area (Å²) in [5.41, 5.74) is 4.79. The lowest BCUT2D eigenvalue weighted by molar-refractivity contribution is 0.105. The Balaban J connectivity index is 2.26. The van der Waals surface area contributed by atoms with Crippen LogP contribution in [0.3, 0.4) is 0 Å². The van der Waals surface area contributed by atoms with Gasteiger partial charge >= 0.3 is 0 Å². The van der Waals surface area contributed by atoms with E-state index in [2.05, 4.69) is 24.8 Å². The van der Waals surface area contributed by atoms with Gasteiger partial charge in [0.1, 0.15) is 0 Å². The van der Waals surface area contributed by atoms with Crippen LogP contribution < -0.4 is 0 Å². The van der Waals surface area contributed by atoms with Crippen LogP contribution in [0, 0.1) is 0 Å². The summed E-state index contributed by atoms with van der Waals surface area (Å²) < 4.78 is 0. The third-order valence-corrected chi connectivity index (χ3v) is 4.03. The van der Waals surface area contributed by atoms with Crippen LogP contribution in [-0.4, -0.2) is 23.8 Å². The number of carbonyl (C=O) groups is 1. The highest BCUT2D eigenvalue weighted by Gasteiger charge is 2.32. The van der Waals surface area contributed by atoms with Gasteiger partial charge in [-0.1, -0.05) is 54.6 Å². The smallest absolute Gasteiger partial charge is 0.196 e. The van der Waals surface area contributed by atoms with E-state index in [0.29, 0.717) is 0 Å². The van der Waals surface area contributed by atoms with E-state index in [-0.39, 0.29) is 5.78 Å². The molecule has 2 aromatic carbocycles.